The van der Waals surface area contributed by atoms with E-state index in [9.17, 15) is 0 Å². The maximum atomic E-state index is 5.56. The van der Waals surface area contributed by atoms with Gasteiger partial charge in [0.05, 0.1) is 11.4 Å². The molecule has 0 saturated heterocycles. The number of rotatable bonds is 7. The fourth-order valence-electron chi connectivity index (χ4n) is 0.770. The molecule has 0 heterocycles. The van der Waals surface area contributed by atoms with E-state index in [1.54, 1.807) is 42.5 Å². The van der Waals surface area contributed by atoms with E-state index in [2.05, 4.69) is 36.5 Å². The van der Waals surface area contributed by atoms with E-state index in [0.29, 0.717) is 17.1 Å². The molecule has 0 spiro atoms. The minimum absolute atomic E-state index is 0.546. The fourth-order valence-corrected chi connectivity index (χ4v) is 0.770. The monoisotopic (exact) mass is 227 g/mol. The van der Waals surface area contributed by atoms with Crippen molar-refractivity contribution in [2.24, 2.45) is 16.0 Å². The summed E-state index contributed by atoms with van der Waals surface area (Å²) in [4.78, 5) is 0. The van der Waals surface area contributed by atoms with Gasteiger partial charge >= 0.3 is 0 Å². The highest BCUT2D eigenvalue weighted by molar-refractivity contribution is 5.26. The van der Waals surface area contributed by atoms with Gasteiger partial charge in [-0.25, -0.2) is 0 Å². The summed E-state index contributed by atoms with van der Waals surface area (Å²) in [7, 11) is 0. The number of hydrogen-bond donors (Lipinski definition) is 1. The van der Waals surface area contributed by atoms with Gasteiger partial charge in [-0.2, -0.15) is 10.2 Å². The van der Waals surface area contributed by atoms with Crippen LogP contribution >= 0.6 is 0 Å². The van der Waals surface area contributed by atoms with Crippen molar-refractivity contribution in [1.29, 1.82) is 0 Å². The zero-order valence-corrected chi connectivity index (χ0v) is 9.84. The maximum Gasteiger partial charge on any atom is 0.0851 e. The molecule has 0 aromatic heterocycles. The van der Waals surface area contributed by atoms with E-state index in [4.69, 9.17) is 5.73 Å². The number of hydrogen-bond acceptors (Lipinski definition) is 3. The van der Waals surface area contributed by atoms with Crippen LogP contribution in [0, 0.1) is 0 Å². The lowest BCUT2D eigenvalue weighted by Crippen LogP contribution is -1.90. The minimum Gasteiger partial charge on any atom is -0.399 e. The van der Waals surface area contributed by atoms with Gasteiger partial charge in [-0.05, 0) is 36.5 Å². The first-order valence-corrected chi connectivity index (χ1v) is 4.97. The first-order chi connectivity index (χ1) is 8.17. The molecule has 0 aromatic carbocycles. The Hall–Kier alpha value is -2.42. The summed E-state index contributed by atoms with van der Waals surface area (Å²) < 4.78 is 0. The zero-order chi connectivity index (χ0) is 13.1. The van der Waals surface area contributed by atoms with Crippen molar-refractivity contribution in [1.82, 2.24) is 0 Å². The molecular weight excluding hydrogens is 210 g/mol. The van der Waals surface area contributed by atoms with Crippen LogP contribution in [0.2, 0.25) is 0 Å². The van der Waals surface area contributed by atoms with E-state index >= 15 is 0 Å². The summed E-state index contributed by atoms with van der Waals surface area (Å²) in [5, 5.41) is 7.95. The Labute approximate surface area is 102 Å². The summed E-state index contributed by atoms with van der Waals surface area (Å²) in [6.07, 6.45) is 11.4. The average molecular weight is 227 g/mol. The van der Waals surface area contributed by atoms with Crippen LogP contribution in [-0.2, 0) is 0 Å². The number of nitrogens with zero attached hydrogens (tertiary/aromatic N) is 2. The predicted octanol–water partition coefficient (Wildman–Crippen LogP) is 3.79. The minimum atomic E-state index is 0.546. The molecule has 3 nitrogen and oxygen atoms in total. The van der Waals surface area contributed by atoms with Gasteiger partial charge in [-0.15, -0.1) is 0 Å². The van der Waals surface area contributed by atoms with Gasteiger partial charge in [0, 0.05) is 5.70 Å². The van der Waals surface area contributed by atoms with Gasteiger partial charge in [0.25, 0.3) is 0 Å². The highest BCUT2D eigenvalue weighted by Crippen LogP contribution is 2.06. The van der Waals surface area contributed by atoms with Crippen LogP contribution in [0.3, 0.4) is 0 Å². The van der Waals surface area contributed by atoms with Crippen molar-refractivity contribution in [3.8, 4) is 0 Å². The number of allylic oxidation sites excluding steroid dienone is 7. The molecule has 0 bridgehead atoms. The largest absolute Gasteiger partial charge is 0.399 e. The second-order valence-corrected chi connectivity index (χ2v) is 2.90. The Morgan fingerprint density at radius 2 is 1.29 bits per heavy atom. The molecule has 0 rings (SSSR count). The molecular formula is C14H17N3. The normalized spacial score (nSPS) is 13.5. The number of nitrogens with two attached hydrogens (primary N) is 1. The van der Waals surface area contributed by atoms with Crippen LogP contribution in [-0.4, -0.2) is 0 Å². The van der Waals surface area contributed by atoms with Crippen molar-refractivity contribution in [3.05, 3.63) is 85.9 Å². The second kappa shape index (κ2) is 8.85. The van der Waals surface area contributed by atoms with E-state index in [1.165, 1.54) is 0 Å². The van der Waals surface area contributed by atoms with Crippen LogP contribution in [0.4, 0.5) is 0 Å². The number of azo groups is 1. The predicted molar refractivity (Wildman–Crippen MR) is 74.1 cm³/mol. The van der Waals surface area contributed by atoms with Crippen molar-refractivity contribution >= 4 is 0 Å². The molecule has 17 heavy (non-hydrogen) atoms. The van der Waals surface area contributed by atoms with Gasteiger partial charge in [-0.3, -0.25) is 0 Å². The first kappa shape index (κ1) is 14.6. The van der Waals surface area contributed by atoms with Crippen molar-refractivity contribution in [3.63, 3.8) is 0 Å². The quantitative estimate of drug-likeness (QED) is 0.522. The van der Waals surface area contributed by atoms with Crippen LogP contribution in [0.25, 0.3) is 0 Å². The Morgan fingerprint density at radius 3 is 1.71 bits per heavy atom. The second-order valence-electron chi connectivity index (χ2n) is 2.90. The molecule has 0 atom stereocenters. The highest BCUT2D eigenvalue weighted by atomic mass is 15.1. The summed E-state index contributed by atoms with van der Waals surface area (Å²) >= 11 is 0. The van der Waals surface area contributed by atoms with Gasteiger partial charge in [0.1, 0.15) is 0 Å². The molecule has 0 amide bonds. The molecule has 0 aromatic rings. The fraction of sp³-hybridized carbons (Fsp3) is 0. The summed E-state index contributed by atoms with van der Waals surface area (Å²) in [5.74, 6) is 0. The maximum absolute atomic E-state index is 5.56. The van der Waals surface area contributed by atoms with Crippen LogP contribution in [0.15, 0.2) is 96.2 Å². The molecule has 0 fully saturated rings. The molecule has 0 unspecified atom stereocenters. The SMILES string of the molecule is C=C/C=C(\C=C)N=N/C(C=C)=C/C=C(/N)C=C. The molecule has 0 aliphatic rings. The molecule has 3 heteroatoms. The summed E-state index contributed by atoms with van der Waals surface area (Å²) in [5.41, 5.74) is 7.31. The lowest BCUT2D eigenvalue weighted by atomic mass is 10.3. The highest BCUT2D eigenvalue weighted by Gasteiger charge is 1.88. The van der Waals surface area contributed by atoms with Crippen molar-refractivity contribution < 1.29 is 0 Å². The smallest absolute Gasteiger partial charge is 0.0851 e. The van der Waals surface area contributed by atoms with E-state index in [1.807, 2.05) is 0 Å². The third kappa shape index (κ3) is 6.62. The molecule has 0 radical (unpaired) electrons. The topological polar surface area (TPSA) is 50.7 Å². The van der Waals surface area contributed by atoms with Gasteiger partial charge in [0.15, 0.2) is 0 Å². The van der Waals surface area contributed by atoms with Gasteiger partial charge < -0.3 is 5.73 Å². The third-order valence-electron chi connectivity index (χ3n) is 1.67. The lowest BCUT2D eigenvalue weighted by Gasteiger charge is -1.92. The standard InChI is InChI=1S/C14H17N3/c1-5-9-13(7-3)16-17-14(8-4)11-10-12(15)6-2/h5-11H,1-4,15H2/b12-10+,13-9+,14-11+,17-16?. The molecule has 88 valence electrons. The Kier molecular flexibility index (Phi) is 7.59. The molecule has 0 aliphatic carbocycles. The average Bonchev–Trinajstić information content (AvgIpc) is 2.36. The molecule has 0 saturated carbocycles. The van der Waals surface area contributed by atoms with Gasteiger partial charge in [-0.1, -0.05) is 32.4 Å². The van der Waals surface area contributed by atoms with Crippen LogP contribution < -0.4 is 5.73 Å². The van der Waals surface area contributed by atoms with E-state index < -0.39 is 0 Å². The van der Waals surface area contributed by atoms with Gasteiger partial charge in [0.2, 0.25) is 0 Å². The van der Waals surface area contributed by atoms with E-state index in [0.717, 1.165) is 0 Å². The Bertz CT molecular complexity index is 421. The Balaban J connectivity index is 4.93. The molecule has 2 N–H and O–H groups in total. The van der Waals surface area contributed by atoms with E-state index in [-0.39, 0.29) is 0 Å². The molecule has 0 aliphatic heterocycles. The van der Waals surface area contributed by atoms with Crippen molar-refractivity contribution in [2.45, 2.75) is 0 Å². The van der Waals surface area contributed by atoms with Crippen LogP contribution in [0.5, 0.6) is 0 Å². The zero-order valence-electron chi connectivity index (χ0n) is 9.84. The first-order valence-electron chi connectivity index (χ1n) is 4.97. The summed E-state index contributed by atoms with van der Waals surface area (Å²) in [6.45, 7) is 14.4. The Morgan fingerprint density at radius 1 is 0.765 bits per heavy atom. The third-order valence-corrected chi connectivity index (χ3v) is 1.67. The van der Waals surface area contributed by atoms with Crippen LogP contribution in [0.1, 0.15) is 0 Å². The lowest BCUT2D eigenvalue weighted by molar-refractivity contribution is 1.12. The summed E-state index contributed by atoms with van der Waals surface area (Å²) in [6, 6.07) is 0. The van der Waals surface area contributed by atoms with Crippen molar-refractivity contribution in [2.75, 3.05) is 0 Å².